The van der Waals surface area contributed by atoms with Gasteiger partial charge in [0.15, 0.2) is 24.8 Å². The summed E-state index contributed by atoms with van der Waals surface area (Å²) in [4.78, 5) is 0. The number of hydrogen-bond acceptors (Lipinski definition) is 0. The van der Waals surface area contributed by atoms with Crippen molar-refractivity contribution < 1.29 is 9.13 Å². The second-order valence-corrected chi connectivity index (χ2v) is 4.60. The van der Waals surface area contributed by atoms with Gasteiger partial charge in [0.05, 0.1) is 0 Å². The first kappa shape index (κ1) is 11.8. The molecule has 0 bridgehead atoms. The van der Waals surface area contributed by atoms with Crippen LogP contribution in [0.3, 0.4) is 0 Å². The van der Waals surface area contributed by atoms with Gasteiger partial charge in [0.25, 0.3) is 0 Å². The number of aryl methyl sites for hydroxylation is 4. The fourth-order valence-electron chi connectivity index (χ4n) is 1.89. The molecule has 0 saturated heterocycles. The molecule has 0 fully saturated rings. The third-order valence-electron chi connectivity index (χ3n) is 3.03. The zero-order valence-corrected chi connectivity index (χ0v) is 10.6. The Morgan fingerprint density at radius 2 is 1.06 bits per heavy atom. The highest BCUT2D eigenvalue weighted by Crippen LogP contribution is 2.05. The van der Waals surface area contributed by atoms with Crippen LogP contribution in [-0.4, -0.2) is 0 Å². The summed E-state index contributed by atoms with van der Waals surface area (Å²) in [5.74, 6) is 0. The molecule has 0 unspecified atom stereocenters. The normalized spacial score (nSPS) is 10.5. The van der Waals surface area contributed by atoms with Crippen LogP contribution >= 0.6 is 0 Å². The highest BCUT2D eigenvalue weighted by atomic mass is 14.9. The van der Waals surface area contributed by atoms with Crippen LogP contribution in [0.15, 0.2) is 49.1 Å². The number of pyridine rings is 2. The van der Waals surface area contributed by atoms with Crippen molar-refractivity contribution in [1.29, 1.82) is 0 Å². The monoisotopic (exact) mass is 228 g/mol. The van der Waals surface area contributed by atoms with Gasteiger partial charge in [0.1, 0.15) is 14.1 Å². The molecule has 2 rings (SSSR count). The minimum atomic E-state index is 1.15. The van der Waals surface area contributed by atoms with Crippen molar-refractivity contribution in [2.45, 2.75) is 19.3 Å². The number of aromatic nitrogens is 2. The summed E-state index contributed by atoms with van der Waals surface area (Å²) < 4.78 is 4.14. The van der Waals surface area contributed by atoms with Crippen LogP contribution < -0.4 is 9.13 Å². The summed E-state index contributed by atoms with van der Waals surface area (Å²) in [7, 11) is 4.10. The number of hydrogen-bond donors (Lipinski definition) is 0. The molecule has 2 aromatic rings. The summed E-state index contributed by atoms with van der Waals surface area (Å²) in [6, 6.07) is 8.80. The van der Waals surface area contributed by atoms with Crippen molar-refractivity contribution in [2.24, 2.45) is 14.1 Å². The van der Waals surface area contributed by atoms with E-state index in [0.29, 0.717) is 0 Å². The molecule has 0 amide bonds. The lowest BCUT2D eigenvalue weighted by atomic mass is 10.1. The van der Waals surface area contributed by atoms with Gasteiger partial charge in [-0.15, -0.1) is 0 Å². The topological polar surface area (TPSA) is 7.76 Å². The van der Waals surface area contributed by atoms with E-state index < -0.39 is 0 Å². The van der Waals surface area contributed by atoms with Crippen molar-refractivity contribution in [3.63, 3.8) is 0 Å². The van der Waals surface area contributed by atoms with E-state index in [1.165, 1.54) is 17.5 Å². The molecule has 2 aromatic heterocycles. The molecule has 0 radical (unpaired) electrons. The van der Waals surface area contributed by atoms with Crippen LogP contribution in [0.4, 0.5) is 0 Å². The lowest BCUT2D eigenvalue weighted by molar-refractivity contribution is -0.671. The van der Waals surface area contributed by atoms with Crippen LogP contribution in [-0.2, 0) is 26.9 Å². The zero-order valence-electron chi connectivity index (χ0n) is 10.6. The van der Waals surface area contributed by atoms with Crippen LogP contribution in [0.5, 0.6) is 0 Å². The molecular formula is C15H20N2+2. The van der Waals surface area contributed by atoms with E-state index in [1.807, 2.05) is 14.1 Å². The highest BCUT2D eigenvalue weighted by molar-refractivity contribution is 5.10. The molecule has 17 heavy (non-hydrogen) atoms. The fraction of sp³-hybridized carbons (Fsp3) is 0.333. The predicted octanol–water partition coefficient (Wildman–Crippen LogP) is 1.51. The van der Waals surface area contributed by atoms with E-state index in [2.05, 4.69) is 58.2 Å². The van der Waals surface area contributed by atoms with Gasteiger partial charge in [0.2, 0.25) is 0 Å². The van der Waals surface area contributed by atoms with Crippen molar-refractivity contribution in [3.05, 3.63) is 60.2 Å². The SMILES string of the molecule is C[n+]1ccc(CCCc2cc[n+](C)cc2)cc1. The highest BCUT2D eigenvalue weighted by Gasteiger charge is 1.99. The van der Waals surface area contributed by atoms with Crippen LogP contribution in [0.1, 0.15) is 17.5 Å². The summed E-state index contributed by atoms with van der Waals surface area (Å²) in [6.07, 6.45) is 12.0. The molecule has 0 aromatic carbocycles. The Hall–Kier alpha value is -1.70. The minimum absolute atomic E-state index is 1.15. The summed E-state index contributed by atoms with van der Waals surface area (Å²) >= 11 is 0. The van der Waals surface area contributed by atoms with E-state index in [-0.39, 0.29) is 0 Å². The molecular weight excluding hydrogens is 208 g/mol. The fourth-order valence-corrected chi connectivity index (χ4v) is 1.89. The Morgan fingerprint density at radius 1 is 0.706 bits per heavy atom. The Balaban J connectivity index is 1.83. The van der Waals surface area contributed by atoms with Crippen molar-refractivity contribution in [1.82, 2.24) is 0 Å². The Labute approximate surface area is 103 Å². The van der Waals surface area contributed by atoms with Crippen LogP contribution in [0.2, 0.25) is 0 Å². The molecule has 0 atom stereocenters. The molecule has 0 spiro atoms. The molecule has 0 N–H and O–H groups in total. The predicted molar refractivity (Wildman–Crippen MR) is 67.3 cm³/mol. The zero-order chi connectivity index (χ0) is 12.1. The molecule has 2 nitrogen and oxygen atoms in total. The van der Waals surface area contributed by atoms with E-state index in [1.54, 1.807) is 0 Å². The molecule has 0 aliphatic heterocycles. The largest absolute Gasteiger partial charge is 0.208 e. The van der Waals surface area contributed by atoms with Gasteiger partial charge in [-0.25, -0.2) is 9.13 Å². The van der Waals surface area contributed by atoms with Crippen molar-refractivity contribution in [2.75, 3.05) is 0 Å². The van der Waals surface area contributed by atoms with Crippen LogP contribution in [0.25, 0.3) is 0 Å². The second-order valence-electron chi connectivity index (χ2n) is 4.60. The average molecular weight is 228 g/mol. The summed E-state index contributed by atoms with van der Waals surface area (Å²) in [5, 5.41) is 0. The third-order valence-corrected chi connectivity index (χ3v) is 3.03. The number of rotatable bonds is 4. The van der Waals surface area contributed by atoms with Crippen LogP contribution in [0, 0.1) is 0 Å². The van der Waals surface area contributed by atoms with Crippen molar-refractivity contribution in [3.8, 4) is 0 Å². The lowest BCUT2D eigenvalue weighted by Crippen LogP contribution is -2.26. The Kier molecular flexibility index (Phi) is 3.86. The van der Waals surface area contributed by atoms with Gasteiger partial charge in [-0.2, -0.15) is 0 Å². The lowest BCUT2D eigenvalue weighted by Gasteiger charge is -2.00. The molecule has 88 valence electrons. The van der Waals surface area contributed by atoms with Gasteiger partial charge in [0, 0.05) is 24.3 Å². The average Bonchev–Trinajstić information content (AvgIpc) is 2.34. The van der Waals surface area contributed by atoms with E-state index in [9.17, 15) is 0 Å². The van der Waals surface area contributed by atoms with Gasteiger partial charge in [-0.3, -0.25) is 0 Å². The number of nitrogens with zero attached hydrogens (tertiary/aromatic N) is 2. The smallest absolute Gasteiger partial charge is 0.168 e. The maximum atomic E-state index is 2.20. The first-order valence-electron chi connectivity index (χ1n) is 6.12. The standard InChI is InChI=1S/C15H20N2/c1-16-10-6-14(7-11-16)4-3-5-15-8-12-17(2)13-9-15/h6-13H,3-5H2,1-2H3/q+2. The second kappa shape index (κ2) is 5.58. The first-order chi connectivity index (χ1) is 8.24. The van der Waals surface area contributed by atoms with E-state index >= 15 is 0 Å². The van der Waals surface area contributed by atoms with Gasteiger partial charge in [-0.1, -0.05) is 0 Å². The third kappa shape index (κ3) is 3.66. The quantitative estimate of drug-likeness (QED) is 0.701. The van der Waals surface area contributed by atoms with Gasteiger partial charge in [-0.05, 0) is 30.4 Å². The molecule has 0 saturated carbocycles. The Bertz CT molecular complexity index is 412. The summed E-state index contributed by atoms with van der Waals surface area (Å²) in [6.45, 7) is 0. The van der Waals surface area contributed by atoms with E-state index in [0.717, 1.165) is 12.8 Å². The molecule has 0 aliphatic carbocycles. The van der Waals surface area contributed by atoms with Crippen molar-refractivity contribution >= 4 is 0 Å². The molecule has 0 aliphatic rings. The maximum Gasteiger partial charge on any atom is 0.168 e. The Morgan fingerprint density at radius 3 is 1.41 bits per heavy atom. The molecule has 2 heterocycles. The summed E-state index contributed by atoms with van der Waals surface area (Å²) in [5.41, 5.74) is 2.84. The van der Waals surface area contributed by atoms with Gasteiger partial charge >= 0.3 is 0 Å². The minimum Gasteiger partial charge on any atom is -0.208 e. The van der Waals surface area contributed by atoms with E-state index in [4.69, 9.17) is 0 Å². The maximum absolute atomic E-state index is 2.20. The molecule has 2 heteroatoms. The first-order valence-corrected chi connectivity index (χ1v) is 6.12. The van der Waals surface area contributed by atoms with Gasteiger partial charge < -0.3 is 0 Å².